The Morgan fingerprint density at radius 1 is 1.27 bits per heavy atom. The van der Waals surface area contributed by atoms with Gasteiger partial charge in [-0.2, -0.15) is 5.10 Å². The molecule has 0 radical (unpaired) electrons. The molecule has 3 N–H and O–H groups in total. The fourth-order valence-corrected chi connectivity index (χ4v) is 3.51. The van der Waals surface area contributed by atoms with Crippen molar-refractivity contribution in [1.82, 2.24) is 9.78 Å². The van der Waals surface area contributed by atoms with Gasteiger partial charge < -0.3 is 11.1 Å². The number of rotatable bonds is 5. The number of aromatic nitrogens is 2. The third-order valence-corrected chi connectivity index (χ3v) is 5.16. The Morgan fingerprint density at radius 2 is 2.00 bits per heavy atom. The van der Waals surface area contributed by atoms with Crippen molar-refractivity contribution >= 4 is 11.7 Å². The summed E-state index contributed by atoms with van der Waals surface area (Å²) in [5.41, 5.74) is 8.17. The second-order valence-electron chi connectivity index (χ2n) is 8.42. The molecule has 26 heavy (non-hydrogen) atoms. The summed E-state index contributed by atoms with van der Waals surface area (Å²) in [6, 6.07) is 12.3. The summed E-state index contributed by atoms with van der Waals surface area (Å²) in [5.74, 6) is 1.08. The molecule has 1 heterocycles. The highest BCUT2D eigenvalue weighted by Crippen LogP contribution is 2.28. The minimum Gasteiger partial charge on any atom is -0.327 e. The van der Waals surface area contributed by atoms with Crippen molar-refractivity contribution in [2.75, 3.05) is 5.32 Å². The molecule has 0 unspecified atom stereocenters. The van der Waals surface area contributed by atoms with E-state index in [0.29, 0.717) is 18.9 Å². The zero-order valence-electron chi connectivity index (χ0n) is 16.0. The summed E-state index contributed by atoms with van der Waals surface area (Å²) in [5, 5.41) is 7.83. The lowest BCUT2D eigenvalue weighted by atomic mass is 9.92. The Bertz CT molecular complexity index is 745. The first-order chi connectivity index (χ1) is 12.3. The minimum atomic E-state index is -0.0742. The second kappa shape index (κ2) is 7.62. The van der Waals surface area contributed by atoms with Crippen molar-refractivity contribution in [2.24, 2.45) is 11.7 Å². The molecular weight excluding hydrogens is 324 g/mol. The van der Waals surface area contributed by atoms with E-state index < -0.39 is 0 Å². The molecule has 1 aromatic heterocycles. The third-order valence-electron chi connectivity index (χ3n) is 5.16. The van der Waals surface area contributed by atoms with Gasteiger partial charge >= 0.3 is 0 Å². The fourth-order valence-electron chi connectivity index (χ4n) is 3.51. The maximum absolute atomic E-state index is 12.6. The lowest BCUT2D eigenvalue weighted by Gasteiger charge is -2.15. The molecule has 3 rings (SSSR count). The Morgan fingerprint density at radius 3 is 2.62 bits per heavy atom. The van der Waals surface area contributed by atoms with Crippen LogP contribution in [0.2, 0.25) is 0 Å². The summed E-state index contributed by atoms with van der Waals surface area (Å²) in [4.78, 5) is 12.6. The van der Waals surface area contributed by atoms with Crippen molar-refractivity contribution < 1.29 is 4.79 Å². The molecule has 0 bridgehead atoms. The van der Waals surface area contributed by atoms with Gasteiger partial charge in [0.2, 0.25) is 5.91 Å². The average molecular weight is 354 g/mol. The molecule has 5 nitrogen and oxygen atoms in total. The number of carbonyl (C=O) groups is 1. The standard InChI is InChI=1S/C21H30N4O/c1-21(2,3)18-13-19(23-20(26)12-16-10-7-11-17(16)22)25(24-18)14-15-8-5-4-6-9-15/h4-6,8-9,13,16-17H,7,10-12,14,22H2,1-3H3,(H,23,26)/t16-,17+/m0/s1. The topological polar surface area (TPSA) is 72.9 Å². The number of hydrogen-bond acceptors (Lipinski definition) is 3. The van der Waals surface area contributed by atoms with E-state index in [4.69, 9.17) is 10.8 Å². The van der Waals surface area contributed by atoms with Gasteiger partial charge in [0.1, 0.15) is 5.82 Å². The molecule has 140 valence electrons. The van der Waals surface area contributed by atoms with Crippen LogP contribution in [0.3, 0.4) is 0 Å². The third kappa shape index (κ3) is 4.52. The minimum absolute atomic E-state index is 0.0296. The van der Waals surface area contributed by atoms with E-state index in [0.717, 1.165) is 36.3 Å². The Balaban J connectivity index is 1.77. The van der Waals surface area contributed by atoms with E-state index in [1.165, 1.54) is 0 Å². The van der Waals surface area contributed by atoms with Gasteiger partial charge in [0, 0.05) is 23.9 Å². The molecular formula is C21H30N4O. The van der Waals surface area contributed by atoms with Crippen LogP contribution in [-0.4, -0.2) is 21.7 Å². The van der Waals surface area contributed by atoms with Gasteiger partial charge in [0.15, 0.2) is 0 Å². The molecule has 0 aliphatic heterocycles. The molecule has 0 spiro atoms. The van der Waals surface area contributed by atoms with Crippen LogP contribution in [0.25, 0.3) is 0 Å². The smallest absolute Gasteiger partial charge is 0.225 e. The van der Waals surface area contributed by atoms with Gasteiger partial charge in [-0.3, -0.25) is 4.79 Å². The SMILES string of the molecule is CC(C)(C)c1cc(NC(=O)C[C@@H]2CCC[C@H]2N)n(Cc2ccccc2)n1. The number of carbonyl (C=O) groups excluding carboxylic acids is 1. The summed E-state index contributed by atoms with van der Waals surface area (Å²) >= 11 is 0. The number of hydrogen-bond donors (Lipinski definition) is 2. The highest BCUT2D eigenvalue weighted by molar-refractivity contribution is 5.90. The van der Waals surface area contributed by atoms with Crippen LogP contribution in [0.5, 0.6) is 0 Å². The molecule has 5 heteroatoms. The molecule has 0 saturated heterocycles. The normalized spacial score (nSPS) is 20.3. The molecule has 1 aromatic carbocycles. The Hall–Kier alpha value is -2.14. The van der Waals surface area contributed by atoms with Crippen LogP contribution >= 0.6 is 0 Å². The van der Waals surface area contributed by atoms with Gasteiger partial charge in [-0.25, -0.2) is 4.68 Å². The summed E-state index contributed by atoms with van der Waals surface area (Å²) in [7, 11) is 0. The Kier molecular flexibility index (Phi) is 5.47. The van der Waals surface area contributed by atoms with E-state index in [1.807, 2.05) is 28.9 Å². The molecule has 2 aromatic rings. The zero-order valence-corrected chi connectivity index (χ0v) is 16.0. The van der Waals surface area contributed by atoms with Crippen LogP contribution in [-0.2, 0) is 16.8 Å². The lowest BCUT2D eigenvalue weighted by Crippen LogP contribution is -2.28. The van der Waals surface area contributed by atoms with Gasteiger partial charge in [0.05, 0.1) is 12.2 Å². The fraction of sp³-hybridized carbons (Fsp3) is 0.524. The average Bonchev–Trinajstić information content (AvgIpc) is 3.15. The van der Waals surface area contributed by atoms with E-state index in [1.54, 1.807) is 0 Å². The zero-order chi connectivity index (χ0) is 18.7. The first-order valence-electron chi connectivity index (χ1n) is 9.50. The highest BCUT2D eigenvalue weighted by Gasteiger charge is 2.27. The van der Waals surface area contributed by atoms with Crippen LogP contribution in [0.15, 0.2) is 36.4 Å². The second-order valence-corrected chi connectivity index (χ2v) is 8.42. The van der Waals surface area contributed by atoms with Crippen molar-refractivity contribution in [1.29, 1.82) is 0 Å². The summed E-state index contributed by atoms with van der Waals surface area (Å²) < 4.78 is 1.89. The monoisotopic (exact) mass is 354 g/mol. The van der Waals surface area contributed by atoms with Crippen molar-refractivity contribution in [3.63, 3.8) is 0 Å². The maximum Gasteiger partial charge on any atom is 0.225 e. The molecule has 1 fully saturated rings. The number of anilines is 1. The number of nitrogens with zero attached hydrogens (tertiary/aromatic N) is 2. The summed E-state index contributed by atoms with van der Waals surface area (Å²) in [6.45, 7) is 7.03. The van der Waals surface area contributed by atoms with E-state index in [2.05, 4.69) is 38.2 Å². The van der Waals surface area contributed by atoms with Gasteiger partial charge in [-0.05, 0) is 24.3 Å². The first kappa shape index (κ1) is 18.6. The highest BCUT2D eigenvalue weighted by atomic mass is 16.1. The molecule has 1 amide bonds. The lowest BCUT2D eigenvalue weighted by molar-refractivity contribution is -0.117. The van der Waals surface area contributed by atoms with Gasteiger partial charge in [0.25, 0.3) is 0 Å². The van der Waals surface area contributed by atoms with Gasteiger partial charge in [-0.15, -0.1) is 0 Å². The van der Waals surface area contributed by atoms with Gasteiger partial charge in [-0.1, -0.05) is 57.5 Å². The molecule has 1 aliphatic carbocycles. The molecule has 1 saturated carbocycles. The van der Waals surface area contributed by atoms with Crippen LogP contribution in [0.4, 0.5) is 5.82 Å². The predicted octanol–water partition coefficient (Wildman–Crippen LogP) is 3.68. The van der Waals surface area contributed by atoms with E-state index in [-0.39, 0.29) is 17.4 Å². The number of benzene rings is 1. The van der Waals surface area contributed by atoms with E-state index >= 15 is 0 Å². The number of nitrogens with two attached hydrogens (primary N) is 1. The Labute approximate surface area is 156 Å². The number of nitrogens with one attached hydrogen (secondary N) is 1. The first-order valence-corrected chi connectivity index (χ1v) is 9.50. The quantitative estimate of drug-likeness (QED) is 0.860. The summed E-state index contributed by atoms with van der Waals surface area (Å²) in [6.07, 6.45) is 3.69. The molecule has 2 atom stereocenters. The van der Waals surface area contributed by atoms with Crippen molar-refractivity contribution in [2.45, 2.75) is 64.5 Å². The largest absolute Gasteiger partial charge is 0.327 e. The number of amides is 1. The van der Waals surface area contributed by atoms with Crippen LogP contribution in [0, 0.1) is 5.92 Å². The van der Waals surface area contributed by atoms with Crippen molar-refractivity contribution in [3.05, 3.63) is 47.7 Å². The predicted molar refractivity (Wildman–Crippen MR) is 105 cm³/mol. The maximum atomic E-state index is 12.6. The van der Waals surface area contributed by atoms with Crippen LogP contribution in [0.1, 0.15) is 57.7 Å². The molecule has 1 aliphatic rings. The van der Waals surface area contributed by atoms with Crippen LogP contribution < -0.4 is 11.1 Å². The van der Waals surface area contributed by atoms with E-state index in [9.17, 15) is 4.79 Å². The van der Waals surface area contributed by atoms with Crippen molar-refractivity contribution in [3.8, 4) is 0 Å².